The summed E-state index contributed by atoms with van der Waals surface area (Å²) in [6.45, 7) is 15.0. The number of halogens is 4. The third-order valence-electron chi connectivity index (χ3n) is 25.4. The minimum Gasteiger partial charge on any atom is -0.377 e. The van der Waals surface area contributed by atoms with Gasteiger partial charge in [-0.2, -0.15) is 13.2 Å². The maximum absolute atomic E-state index is 15.9. The van der Waals surface area contributed by atoms with E-state index in [4.69, 9.17) is 4.74 Å². The highest BCUT2D eigenvalue weighted by Crippen LogP contribution is 2.44. The lowest BCUT2D eigenvalue weighted by molar-refractivity contribution is -0.201. The topological polar surface area (TPSA) is 262 Å². The van der Waals surface area contributed by atoms with Gasteiger partial charge in [-0.3, -0.25) is 57.6 Å². The first-order chi connectivity index (χ1) is 48.6. The molecule has 2 bridgehead atoms. The monoisotopic (exact) mass is 1460 g/mol. The molecule has 3 N–H and O–H groups in total. The van der Waals surface area contributed by atoms with Gasteiger partial charge in [0.05, 0.1) is 55.8 Å². The number of amides is 11. The van der Waals surface area contributed by atoms with Gasteiger partial charge in [0.1, 0.15) is 54.5 Å². The second-order valence-corrected chi connectivity index (χ2v) is 32.5. The first-order valence-electron chi connectivity index (χ1n) is 38.7. The van der Waals surface area contributed by atoms with E-state index in [-0.39, 0.29) is 101 Å². The number of carbonyl (C=O) groups is 11. The third kappa shape index (κ3) is 18.8. The molecule has 5 saturated heterocycles. The van der Waals surface area contributed by atoms with Gasteiger partial charge >= 0.3 is 6.18 Å². The lowest BCUT2D eigenvalue weighted by Crippen LogP contribution is -2.66. The van der Waals surface area contributed by atoms with Gasteiger partial charge in [0.15, 0.2) is 0 Å². The molecule has 6 unspecified atom stereocenters. The Morgan fingerprint density at radius 3 is 1.83 bits per heavy atom. The van der Waals surface area contributed by atoms with Crippen molar-refractivity contribution in [2.45, 2.75) is 300 Å². The molecule has 8 aliphatic rings. The highest BCUT2D eigenvalue weighted by molar-refractivity contribution is 5.99. The Balaban J connectivity index is 1.17. The van der Waals surface area contributed by atoms with E-state index in [9.17, 15) is 32.3 Å². The second-order valence-electron chi connectivity index (χ2n) is 32.5. The molecule has 17 atom stereocenters. The quantitative estimate of drug-likeness (QED) is 0.178. The molecule has 5 heterocycles. The summed E-state index contributed by atoms with van der Waals surface area (Å²) in [6, 6.07) is -11.5. The van der Waals surface area contributed by atoms with Gasteiger partial charge in [0.25, 0.3) is 0 Å². The maximum Gasteiger partial charge on any atom is 0.394 e. The van der Waals surface area contributed by atoms with Crippen LogP contribution in [-0.4, -0.2) is 275 Å². The molecule has 8 fully saturated rings. The first kappa shape index (κ1) is 82.5. The minimum atomic E-state index is -4.73. The number of nitrogens with one attached hydrogen (secondary N) is 3. The Hall–Kier alpha value is -6.19. The average molecular weight is 1460 g/mol. The molecule has 3 aliphatic carbocycles. The van der Waals surface area contributed by atoms with Crippen molar-refractivity contribution in [1.29, 1.82) is 0 Å². The van der Waals surface area contributed by atoms with Crippen LogP contribution in [-0.2, 0) is 57.5 Å². The van der Waals surface area contributed by atoms with Gasteiger partial charge in [0, 0.05) is 54.4 Å². The summed E-state index contributed by atoms with van der Waals surface area (Å²) in [5.74, 6) is -9.92. The Bertz CT molecular complexity index is 3010. The van der Waals surface area contributed by atoms with E-state index in [1.807, 2.05) is 53.5 Å². The number of nitrogens with zero attached hydrogens (tertiary/aromatic N) is 9. The lowest BCUT2D eigenvalue weighted by Gasteiger charge is -2.47. The maximum atomic E-state index is 15.9. The molecule has 3 saturated carbocycles. The fourth-order valence-corrected chi connectivity index (χ4v) is 17.9. The summed E-state index contributed by atoms with van der Waals surface area (Å²) in [5, 5.41) is 9.22. The van der Waals surface area contributed by atoms with Crippen LogP contribution in [0.25, 0.3) is 0 Å². The number of hydrogen-bond donors (Lipinski definition) is 3. The van der Waals surface area contributed by atoms with Gasteiger partial charge in [0.2, 0.25) is 65.0 Å². The summed E-state index contributed by atoms with van der Waals surface area (Å²) < 4.78 is 63.0. The molecule has 5 aliphatic heterocycles. The van der Waals surface area contributed by atoms with Crippen molar-refractivity contribution < 1.29 is 75.0 Å². The number of fused-ring (bicyclic) bond motifs is 4. The molecule has 1 spiro atoms. The zero-order valence-corrected chi connectivity index (χ0v) is 63.9. The van der Waals surface area contributed by atoms with Crippen LogP contribution in [0.1, 0.15) is 209 Å². The molecule has 24 nitrogen and oxygen atoms in total. The summed E-state index contributed by atoms with van der Waals surface area (Å²) in [6.07, 6.45) is 2.09. The van der Waals surface area contributed by atoms with Crippen molar-refractivity contribution in [3.8, 4) is 0 Å². The zero-order chi connectivity index (χ0) is 75.9. The average Bonchev–Trinajstić information content (AvgIpc) is 1.76. The predicted molar refractivity (Wildman–Crippen MR) is 378 cm³/mol. The second kappa shape index (κ2) is 35.5. The Kier molecular flexibility index (Phi) is 28.4. The number of ether oxygens (including phenoxy) is 1. The van der Waals surface area contributed by atoms with Crippen molar-refractivity contribution in [2.24, 2.45) is 35.5 Å². The molecule has 11 amide bonds. The van der Waals surface area contributed by atoms with Gasteiger partial charge in [-0.25, -0.2) is 4.39 Å². The van der Waals surface area contributed by atoms with Crippen molar-refractivity contribution >= 4 is 65.0 Å². The number of hydrogen-bond acceptors (Lipinski definition) is 13. The van der Waals surface area contributed by atoms with Crippen molar-refractivity contribution in [2.75, 3.05) is 75.1 Å². The van der Waals surface area contributed by atoms with Crippen LogP contribution < -0.4 is 16.0 Å². The van der Waals surface area contributed by atoms with E-state index >= 15 is 38.0 Å². The molecular formula is C75H122F4N12O12. The fraction of sp³-hybridized carbons (Fsp3) is 0.853. The minimum absolute atomic E-state index is 0.0287. The number of carbonyl (C=O) groups excluding carboxylic acids is 11. The summed E-state index contributed by atoms with van der Waals surface area (Å²) >= 11 is 0. The molecule has 0 aromatic carbocycles. The van der Waals surface area contributed by atoms with E-state index in [1.165, 1.54) is 76.5 Å². The Morgan fingerprint density at radius 1 is 0.612 bits per heavy atom. The zero-order valence-electron chi connectivity index (χ0n) is 63.9. The fourth-order valence-electron chi connectivity index (χ4n) is 17.9. The Labute approximate surface area is 608 Å². The number of likely N-dealkylation sites (N-methyl/N-ethyl adjacent to an activating group) is 6. The first-order valence-corrected chi connectivity index (χ1v) is 38.7. The number of morpholine rings is 1. The van der Waals surface area contributed by atoms with Crippen LogP contribution in [0, 0.1) is 35.5 Å². The molecule has 0 aromatic rings. The molecule has 0 aromatic heterocycles. The van der Waals surface area contributed by atoms with E-state index in [0.717, 1.165) is 32.1 Å². The van der Waals surface area contributed by atoms with E-state index in [2.05, 4.69) is 16.0 Å². The van der Waals surface area contributed by atoms with Crippen molar-refractivity contribution in [1.82, 2.24) is 60.0 Å². The highest BCUT2D eigenvalue weighted by Gasteiger charge is 2.53. The van der Waals surface area contributed by atoms with Crippen LogP contribution in [0.3, 0.4) is 0 Å². The smallest absolute Gasteiger partial charge is 0.377 e. The molecule has 28 heteroatoms. The molecular weight excluding hydrogens is 1340 g/mol. The molecule has 8 rings (SSSR count). The standard InChI is InChI=1S/C75H122F4N12O12/c1-15-45(5)63-72(101)84(10)47(7)67(96)90-36-32-57(90)70(99)87(13)59(39-49-23-18-17-19-24-49)69(98)83(9)41-61(92)80-55(31-27-50-26-30-53(54(76)38-50)75(77,78)79)68(97)89-35-22-25-56(89)66(95)82-74(33-20-21-34-74)48(8)85(11)64(46(6)16-2)73(102)88(14)60(71(100)91-51-28-29-52(91)43-103-42-51)40-62(93)86(12)58(37-44(3)4)65(94)81-63/h44-60,63-64H,15-43H2,1-14H3,(H,80,92)(H,81,94)(H,82,95)/t45-,46-,47-,48?,50?,51?,52?,53?,54?,55-,56-,57-,58-,59-,60-,63-,64-/m0/s1. The van der Waals surface area contributed by atoms with Crippen LogP contribution in [0.15, 0.2) is 0 Å². The van der Waals surface area contributed by atoms with Gasteiger partial charge in [-0.1, -0.05) is 99.3 Å². The van der Waals surface area contributed by atoms with E-state index in [0.29, 0.717) is 57.8 Å². The Morgan fingerprint density at radius 2 is 1.24 bits per heavy atom. The molecule has 582 valence electrons. The van der Waals surface area contributed by atoms with Gasteiger partial charge in [-0.15, -0.1) is 0 Å². The number of alkyl halides is 4. The van der Waals surface area contributed by atoms with Crippen LogP contribution >= 0.6 is 0 Å². The summed E-state index contributed by atoms with van der Waals surface area (Å²) in [5.41, 5.74) is -0.963. The predicted octanol–water partition coefficient (Wildman–Crippen LogP) is 6.45. The van der Waals surface area contributed by atoms with Gasteiger partial charge < -0.3 is 59.9 Å². The number of rotatable bonds is 12. The summed E-state index contributed by atoms with van der Waals surface area (Å²) in [4.78, 5) is 179. The SMILES string of the molecule is CC[C@H](C)[C@@H]1NC(=O)[C@H](CC(C)C)N(C)C(=O)C[C@@H](C(=O)N2C3CCC2COC3)N(C)C(=O)[C@H]([C@@H](C)CC)N(C)C(C)C2(CCCC2)NC(=O)[C@@H]2CCCN2C(=O)[C@H](CCC2CCC(C(F)(F)F)C(F)C2)NC(=O)CN(C)C(=O)[C@H](CC2CCCCC2)N(C)C(=O)[C@@H]2CCN2C(=O)[C@H](C)N(C)C1=O. The van der Waals surface area contributed by atoms with Crippen molar-refractivity contribution in [3.63, 3.8) is 0 Å². The van der Waals surface area contributed by atoms with Crippen LogP contribution in [0.4, 0.5) is 17.6 Å². The molecule has 103 heavy (non-hydrogen) atoms. The highest BCUT2D eigenvalue weighted by atomic mass is 19.4. The largest absolute Gasteiger partial charge is 0.394 e. The van der Waals surface area contributed by atoms with E-state index < -0.39 is 187 Å². The van der Waals surface area contributed by atoms with Crippen LogP contribution in [0.2, 0.25) is 0 Å². The summed E-state index contributed by atoms with van der Waals surface area (Å²) in [7, 11) is 9.19. The lowest BCUT2D eigenvalue weighted by atomic mass is 9.78. The van der Waals surface area contributed by atoms with Crippen LogP contribution in [0.5, 0.6) is 0 Å². The van der Waals surface area contributed by atoms with E-state index in [1.54, 1.807) is 11.8 Å². The van der Waals surface area contributed by atoms with Gasteiger partial charge in [-0.05, 0) is 140 Å². The van der Waals surface area contributed by atoms with Crippen molar-refractivity contribution in [3.05, 3.63) is 0 Å². The third-order valence-corrected chi connectivity index (χ3v) is 25.4. The molecule has 0 radical (unpaired) electrons. The normalized spacial score (nSPS) is 33.4.